The number of benzene rings is 2. The molecule has 25 heavy (non-hydrogen) atoms. The SMILES string of the molecule is O=C(CCc1ccccc1)N1Cc2ccccc2[C@@H](n2cccn2)C1. The molecular formula is C21H21N3O. The smallest absolute Gasteiger partial charge is 0.223 e. The summed E-state index contributed by atoms with van der Waals surface area (Å²) < 4.78 is 1.95. The fourth-order valence-corrected chi connectivity index (χ4v) is 3.52. The van der Waals surface area contributed by atoms with E-state index in [1.165, 1.54) is 16.7 Å². The first-order valence-corrected chi connectivity index (χ1v) is 8.70. The fourth-order valence-electron chi connectivity index (χ4n) is 3.52. The van der Waals surface area contributed by atoms with E-state index in [1.807, 2.05) is 46.1 Å². The van der Waals surface area contributed by atoms with E-state index >= 15 is 0 Å². The number of carbonyl (C=O) groups is 1. The molecule has 0 aliphatic carbocycles. The highest BCUT2D eigenvalue weighted by atomic mass is 16.2. The Morgan fingerprint density at radius 3 is 2.64 bits per heavy atom. The number of aromatic nitrogens is 2. The summed E-state index contributed by atoms with van der Waals surface area (Å²) in [6, 6.07) is 20.6. The predicted molar refractivity (Wildman–Crippen MR) is 97.0 cm³/mol. The second-order valence-corrected chi connectivity index (χ2v) is 6.46. The molecule has 0 saturated carbocycles. The highest BCUT2D eigenvalue weighted by molar-refractivity contribution is 5.77. The molecule has 126 valence electrons. The summed E-state index contributed by atoms with van der Waals surface area (Å²) in [4.78, 5) is 14.8. The standard InChI is InChI=1S/C21H21N3O/c25-21(12-11-17-7-2-1-3-8-17)23-15-18-9-4-5-10-19(18)20(16-23)24-14-6-13-22-24/h1-10,13-14,20H,11-12,15-16H2/t20-/m0/s1. The zero-order chi connectivity index (χ0) is 17.1. The first kappa shape index (κ1) is 15.6. The molecule has 2 heterocycles. The molecule has 0 radical (unpaired) electrons. The van der Waals surface area contributed by atoms with E-state index in [-0.39, 0.29) is 11.9 Å². The predicted octanol–water partition coefficient (Wildman–Crippen LogP) is 3.45. The van der Waals surface area contributed by atoms with Crippen molar-refractivity contribution in [3.05, 3.63) is 89.7 Å². The molecule has 0 spiro atoms. The van der Waals surface area contributed by atoms with Crippen LogP contribution in [-0.2, 0) is 17.8 Å². The zero-order valence-corrected chi connectivity index (χ0v) is 14.1. The molecule has 0 N–H and O–H groups in total. The van der Waals surface area contributed by atoms with E-state index in [2.05, 4.69) is 35.4 Å². The number of nitrogens with zero attached hydrogens (tertiary/aromatic N) is 3. The van der Waals surface area contributed by atoms with E-state index < -0.39 is 0 Å². The molecule has 1 aliphatic rings. The van der Waals surface area contributed by atoms with Crippen molar-refractivity contribution in [2.24, 2.45) is 0 Å². The van der Waals surface area contributed by atoms with Gasteiger partial charge in [0.2, 0.25) is 5.91 Å². The van der Waals surface area contributed by atoms with Crippen LogP contribution in [0, 0.1) is 0 Å². The van der Waals surface area contributed by atoms with Gasteiger partial charge in [-0.15, -0.1) is 0 Å². The first-order valence-electron chi connectivity index (χ1n) is 8.70. The topological polar surface area (TPSA) is 38.1 Å². The van der Waals surface area contributed by atoms with Crippen LogP contribution in [0.1, 0.15) is 29.2 Å². The summed E-state index contributed by atoms with van der Waals surface area (Å²) in [6.45, 7) is 1.36. The monoisotopic (exact) mass is 331 g/mol. The Bertz CT molecular complexity index is 843. The van der Waals surface area contributed by atoms with Crippen LogP contribution in [-0.4, -0.2) is 27.1 Å². The van der Waals surface area contributed by atoms with E-state index in [9.17, 15) is 4.79 Å². The molecule has 0 fully saturated rings. The molecule has 4 nitrogen and oxygen atoms in total. The second kappa shape index (κ2) is 6.93. The average Bonchev–Trinajstić information content (AvgIpc) is 3.20. The highest BCUT2D eigenvalue weighted by Gasteiger charge is 2.29. The van der Waals surface area contributed by atoms with E-state index in [0.717, 1.165) is 6.42 Å². The Morgan fingerprint density at radius 2 is 1.84 bits per heavy atom. The minimum atomic E-state index is 0.0839. The molecule has 1 atom stereocenters. The third-order valence-electron chi connectivity index (χ3n) is 4.84. The highest BCUT2D eigenvalue weighted by Crippen LogP contribution is 2.29. The van der Waals surface area contributed by atoms with Gasteiger partial charge in [-0.2, -0.15) is 5.10 Å². The number of hydrogen-bond acceptors (Lipinski definition) is 2. The maximum Gasteiger partial charge on any atom is 0.223 e. The van der Waals surface area contributed by atoms with Gasteiger partial charge < -0.3 is 4.90 Å². The van der Waals surface area contributed by atoms with Gasteiger partial charge in [0.25, 0.3) is 0 Å². The second-order valence-electron chi connectivity index (χ2n) is 6.46. The normalized spacial score (nSPS) is 16.5. The van der Waals surface area contributed by atoms with Crippen LogP contribution in [0.2, 0.25) is 0 Å². The third-order valence-corrected chi connectivity index (χ3v) is 4.84. The van der Waals surface area contributed by atoms with Crippen LogP contribution in [0.25, 0.3) is 0 Å². The minimum absolute atomic E-state index is 0.0839. The van der Waals surface area contributed by atoms with Gasteiger partial charge in [0.1, 0.15) is 0 Å². The van der Waals surface area contributed by atoms with E-state index in [4.69, 9.17) is 0 Å². The summed E-state index contributed by atoms with van der Waals surface area (Å²) in [6.07, 6.45) is 5.08. The molecule has 4 heteroatoms. The quantitative estimate of drug-likeness (QED) is 0.734. The van der Waals surface area contributed by atoms with Crippen molar-refractivity contribution in [1.29, 1.82) is 0 Å². The Balaban J connectivity index is 1.52. The summed E-state index contributed by atoms with van der Waals surface area (Å²) in [5, 5.41) is 4.40. The van der Waals surface area contributed by atoms with Gasteiger partial charge in [0.15, 0.2) is 0 Å². The Labute approximate surface area is 147 Å². The summed E-state index contributed by atoms with van der Waals surface area (Å²) in [5.41, 5.74) is 3.68. The molecule has 1 aliphatic heterocycles. The van der Waals surface area contributed by atoms with Crippen molar-refractivity contribution in [3.63, 3.8) is 0 Å². The number of rotatable bonds is 4. The third kappa shape index (κ3) is 3.33. The largest absolute Gasteiger partial charge is 0.336 e. The summed E-state index contributed by atoms with van der Waals surface area (Å²) in [7, 11) is 0. The maximum atomic E-state index is 12.8. The van der Waals surface area contributed by atoms with Crippen molar-refractivity contribution in [3.8, 4) is 0 Å². The molecule has 0 bridgehead atoms. The lowest BCUT2D eigenvalue weighted by molar-refractivity contribution is -0.132. The van der Waals surface area contributed by atoms with Crippen molar-refractivity contribution < 1.29 is 4.79 Å². The van der Waals surface area contributed by atoms with Crippen molar-refractivity contribution in [2.75, 3.05) is 6.54 Å². The number of amides is 1. The van der Waals surface area contributed by atoms with Gasteiger partial charge in [-0.05, 0) is 29.2 Å². The van der Waals surface area contributed by atoms with Crippen LogP contribution in [0.15, 0.2) is 73.1 Å². The fraction of sp³-hybridized carbons (Fsp3) is 0.238. The van der Waals surface area contributed by atoms with Crippen LogP contribution in [0.3, 0.4) is 0 Å². The van der Waals surface area contributed by atoms with Gasteiger partial charge in [0, 0.05) is 31.9 Å². The van der Waals surface area contributed by atoms with Gasteiger partial charge in [-0.25, -0.2) is 0 Å². The van der Waals surface area contributed by atoms with Crippen LogP contribution in [0.5, 0.6) is 0 Å². The Kier molecular flexibility index (Phi) is 4.34. The Hall–Kier alpha value is -2.88. The number of fused-ring (bicyclic) bond motifs is 1. The molecule has 2 aromatic carbocycles. The van der Waals surface area contributed by atoms with Crippen molar-refractivity contribution >= 4 is 5.91 Å². The molecule has 0 saturated heterocycles. The average molecular weight is 331 g/mol. The van der Waals surface area contributed by atoms with Gasteiger partial charge in [-0.1, -0.05) is 54.6 Å². The van der Waals surface area contributed by atoms with Crippen molar-refractivity contribution in [2.45, 2.75) is 25.4 Å². The first-order chi connectivity index (χ1) is 12.3. The lowest BCUT2D eigenvalue weighted by atomic mass is 9.95. The van der Waals surface area contributed by atoms with Crippen LogP contribution < -0.4 is 0 Å². The maximum absolute atomic E-state index is 12.8. The van der Waals surface area contributed by atoms with E-state index in [1.54, 1.807) is 6.20 Å². The van der Waals surface area contributed by atoms with Crippen molar-refractivity contribution in [1.82, 2.24) is 14.7 Å². The lowest BCUT2D eigenvalue weighted by Gasteiger charge is -2.35. The Morgan fingerprint density at radius 1 is 1.04 bits per heavy atom. The van der Waals surface area contributed by atoms with Crippen LogP contribution in [0.4, 0.5) is 0 Å². The molecule has 3 aromatic rings. The molecule has 1 aromatic heterocycles. The zero-order valence-electron chi connectivity index (χ0n) is 14.1. The molecule has 4 rings (SSSR count). The van der Waals surface area contributed by atoms with E-state index in [0.29, 0.717) is 19.5 Å². The number of carbonyl (C=O) groups excluding carboxylic acids is 1. The van der Waals surface area contributed by atoms with Gasteiger partial charge in [-0.3, -0.25) is 9.48 Å². The van der Waals surface area contributed by atoms with Gasteiger partial charge in [0.05, 0.1) is 6.04 Å². The minimum Gasteiger partial charge on any atom is -0.336 e. The molecular weight excluding hydrogens is 310 g/mol. The molecule has 1 amide bonds. The molecule has 0 unspecified atom stereocenters. The lowest BCUT2D eigenvalue weighted by Crippen LogP contribution is -2.40. The number of aryl methyl sites for hydroxylation is 1. The van der Waals surface area contributed by atoms with Gasteiger partial charge >= 0.3 is 0 Å². The van der Waals surface area contributed by atoms with Crippen LogP contribution >= 0.6 is 0 Å². The summed E-state index contributed by atoms with van der Waals surface area (Å²) in [5.74, 6) is 0.204. The number of hydrogen-bond donors (Lipinski definition) is 0. The summed E-state index contributed by atoms with van der Waals surface area (Å²) >= 11 is 0.